The van der Waals surface area contributed by atoms with E-state index in [1.807, 2.05) is 54.8 Å². The Hall–Kier alpha value is -2.99. The normalized spacial score (nSPS) is 11.1. The first-order chi connectivity index (χ1) is 12.1. The van der Waals surface area contributed by atoms with Gasteiger partial charge in [0.25, 0.3) is 5.56 Å². The van der Waals surface area contributed by atoms with Crippen LogP contribution in [0.25, 0.3) is 16.2 Å². The SMILES string of the molecule is Cc1cc(-c2csc3nc(=O)c(Cc4ccccc4)nn23)ccc1O. The Balaban J connectivity index is 1.83. The van der Waals surface area contributed by atoms with Crippen molar-refractivity contribution in [2.75, 3.05) is 0 Å². The fourth-order valence-corrected chi connectivity index (χ4v) is 3.53. The molecule has 2 aromatic heterocycles. The van der Waals surface area contributed by atoms with Gasteiger partial charge in [-0.05, 0) is 36.2 Å². The molecule has 2 aromatic carbocycles. The summed E-state index contributed by atoms with van der Waals surface area (Å²) in [7, 11) is 0. The van der Waals surface area contributed by atoms with Crippen LogP contribution >= 0.6 is 11.3 Å². The number of phenolic OH excluding ortho intramolecular Hbond substituents is 1. The Morgan fingerprint density at radius 1 is 1.16 bits per heavy atom. The summed E-state index contributed by atoms with van der Waals surface area (Å²) in [4.78, 5) is 17.0. The van der Waals surface area contributed by atoms with E-state index in [0.29, 0.717) is 17.1 Å². The van der Waals surface area contributed by atoms with Crippen molar-refractivity contribution >= 4 is 16.3 Å². The average molecular weight is 349 g/mol. The van der Waals surface area contributed by atoms with Gasteiger partial charge in [0.1, 0.15) is 11.4 Å². The Bertz CT molecular complexity index is 1120. The lowest BCUT2D eigenvalue weighted by molar-refractivity contribution is 0.471. The van der Waals surface area contributed by atoms with Gasteiger partial charge in [-0.3, -0.25) is 4.79 Å². The zero-order valence-electron chi connectivity index (χ0n) is 13.5. The molecule has 0 spiro atoms. The second-order valence-electron chi connectivity index (χ2n) is 5.84. The fraction of sp³-hybridized carbons (Fsp3) is 0.105. The highest BCUT2D eigenvalue weighted by molar-refractivity contribution is 7.15. The maximum Gasteiger partial charge on any atom is 0.296 e. The van der Waals surface area contributed by atoms with E-state index in [1.54, 1.807) is 10.6 Å². The van der Waals surface area contributed by atoms with Crippen LogP contribution in [0, 0.1) is 6.92 Å². The number of hydrogen-bond acceptors (Lipinski definition) is 5. The van der Waals surface area contributed by atoms with E-state index in [-0.39, 0.29) is 11.3 Å². The summed E-state index contributed by atoms with van der Waals surface area (Å²) < 4.78 is 1.70. The molecule has 6 heteroatoms. The van der Waals surface area contributed by atoms with Crippen molar-refractivity contribution in [3.63, 3.8) is 0 Å². The van der Waals surface area contributed by atoms with Crippen LogP contribution in [0.1, 0.15) is 16.8 Å². The third-order valence-electron chi connectivity index (χ3n) is 4.06. The molecule has 0 bridgehead atoms. The van der Waals surface area contributed by atoms with Crippen LogP contribution in [-0.4, -0.2) is 19.7 Å². The summed E-state index contributed by atoms with van der Waals surface area (Å²) in [5, 5.41) is 16.2. The fourth-order valence-electron chi connectivity index (χ4n) is 2.70. The molecular weight excluding hydrogens is 334 g/mol. The van der Waals surface area contributed by atoms with Crippen LogP contribution in [0.2, 0.25) is 0 Å². The van der Waals surface area contributed by atoms with Gasteiger partial charge in [-0.2, -0.15) is 10.1 Å². The zero-order valence-corrected chi connectivity index (χ0v) is 14.3. The first kappa shape index (κ1) is 15.5. The summed E-state index contributed by atoms with van der Waals surface area (Å²) in [5.74, 6) is 0.256. The number of hydrogen-bond donors (Lipinski definition) is 1. The predicted octanol–water partition coefficient (Wildman–Crippen LogP) is 3.42. The number of thiazole rings is 1. The third kappa shape index (κ3) is 2.92. The maximum absolute atomic E-state index is 12.3. The molecule has 4 rings (SSSR count). The van der Waals surface area contributed by atoms with Crippen LogP contribution in [0.4, 0.5) is 0 Å². The molecular formula is C19H15N3O2S. The van der Waals surface area contributed by atoms with Crippen molar-refractivity contribution in [3.05, 3.63) is 81.1 Å². The summed E-state index contributed by atoms with van der Waals surface area (Å²) in [6, 6.07) is 15.1. The highest BCUT2D eigenvalue weighted by Gasteiger charge is 2.13. The topological polar surface area (TPSA) is 67.5 Å². The van der Waals surface area contributed by atoms with Crippen LogP contribution < -0.4 is 5.56 Å². The molecule has 0 aliphatic heterocycles. The van der Waals surface area contributed by atoms with Gasteiger partial charge in [-0.25, -0.2) is 4.52 Å². The Morgan fingerprint density at radius 2 is 1.96 bits per heavy atom. The number of aryl methyl sites for hydroxylation is 1. The number of phenols is 1. The lowest BCUT2D eigenvalue weighted by Gasteiger charge is -2.05. The summed E-state index contributed by atoms with van der Waals surface area (Å²) in [6.45, 7) is 1.85. The molecule has 0 amide bonds. The Kier molecular flexibility index (Phi) is 3.82. The molecule has 0 radical (unpaired) electrons. The minimum Gasteiger partial charge on any atom is -0.508 e. The molecule has 0 fully saturated rings. The van der Waals surface area contributed by atoms with E-state index < -0.39 is 0 Å². The third-order valence-corrected chi connectivity index (χ3v) is 4.87. The molecule has 25 heavy (non-hydrogen) atoms. The van der Waals surface area contributed by atoms with Gasteiger partial charge in [0.05, 0.1) is 5.69 Å². The zero-order chi connectivity index (χ0) is 17.4. The molecule has 0 aliphatic rings. The van der Waals surface area contributed by atoms with Gasteiger partial charge >= 0.3 is 0 Å². The lowest BCUT2D eigenvalue weighted by atomic mass is 10.1. The Labute approximate surface area is 147 Å². The van der Waals surface area contributed by atoms with E-state index in [1.165, 1.54) is 11.3 Å². The number of aromatic hydroxyl groups is 1. The molecule has 0 unspecified atom stereocenters. The Morgan fingerprint density at radius 3 is 2.72 bits per heavy atom. The molecule has 4 aromatic rings. The van der Waals surface area contributed by atoms with Gasteiger partial charge in [0.15, 0.2) is 0 Å². The summed E-state index contributed by atoms with van der Waals surface area (Å²) in [5.41, 5.74) is 3.70. The van der Waals surface area contributed by atoms with Crippen LogP contribution in [-0.2, 0) is 6.42 Å². The van der Waals surface area contributed by atoms with Crippen LogP contribution in [0.15, 0.2) is 58.7 Å². The predicted molar refractivity (Wildman–Crippen MR) is 98.2 cm³/mol. The minimum absolute atomic E-state index is 0.256. The van der Waals surface area contributed by atoms with Gasteiger partial charge < -0.3 is 5.11 Å². The van der Waals surface area contributed by atoms with E-state index in [4.69, 9.17) is 0 Å². The van der Waals surface area contributed by atoms with Crippen LogP contribution in [0.5, 0.6) is 5.75 Å². The lowest BCUT2D eigenvalue weighted by Crippen LogP contribution is -2.18. The average Bonchev–Trinajstić information content (AvgIpc) is 3.01. The van der Waals surface area contributed by atoms with E-state index in [2.05, 4.69) is 10.1 Å². The van der Waals surface area contributed by atoms with E-state index in [9.17, 15) is 9.90 Å². The summed E-state index contributed by atoms with van der Waals surface area (Å²) >= 11 is 1.37. The van der Waals surface area contributed by atoms with Crippen molar-refractivity contribution in [1.29, 1.82) is 0 Å². The molecule has 5 nitrogen and oxygen atoms in total. The molecule has 124 valence electrons. The van der Waals surface area contributed by atoms with E-state index >= 15 is 0 Å². The number of benzene rings is 2. The van der Waals surface area contributed by atoms with Gasteiger partial charge in [0, 0.05) is 17.4 Å². The number of nitrogens with zero attached hydrogens (tertiary/aromatic N) is 3. The van der Waals surface area contributed by atoms with Crippen LogP contribution in [0.3, 0.4) is 0 Å². The first-order valence-corrected chi connectivity index (χ1v) is 8.71. The first-order valence-electron chi connectivity index (χ1n) is 7.83. The molecule has 0 saturated carbocycles. The number of fused-ring (bicyclic) bond motifs is 1. The number of aromatic nitrogens is 3. The molecule has 0 saturated heterocycles. The molecule has 1 N–H and O–H groups in total. The van der Waals surface area contributed by atoms with Crippen molar-refractivity contribution in [2.24, 2.45) is 0 Å². The van der Waals surface area contributed by atoms with Gasteiger partial charge in [-0.1, -0.05) is 30.3 Å². The second-order valence-corrected chi connectivity index (χ2v) is 6.68. The standard InChI is InChI=1S/C19H15N3O2S/c1-12-9-14(7-8-17(12)23)16-11-25-19-20-18(24)15(21-22(16)19)10-13-5-3-2-4-6-13/h2-9,11,23H,10H2,1H3. The molecule has 0 aliphatic carbocycles. The monoisotopic (exact) mass is 349 g/mol. The van der Waals surface area contributed by atoms with E-state index in [0.717, 1.165) is 22.4 Å². The number of rotatable bonds is 3. The maximum atomic E-state index is 12.3. The van der Waals surface area contributed by atoms with Crippen molar-refractivity contribution in [2.45, 2.75) is 13.3 Å². The molecule has 2 heterocycles. The highest BCUT2D eigenvalue weighted by atomic mass is 32.1. The van der Waals surface area contributed by atoms with Crippen molar-refractivity contribution in [3.8, 4) is 17.0 Å². The van der Waals surface area contributed by atoms with Gasteiger partial charge in [-0.15, -0.1) is 11.3 Å². The van der Waals surface area contributed by atoms with Crippen molar-refractivity contribution < 1.29 is 5.11 Å². The quantitative estimate of drug-likeness (QED) is 0.615. The molecule has 0 atom stereocenters. The van der Waals surface area contributed by atoms with Crippen molar-refractivity contribution in [1.82, 2.24) is 14.6 Å². The summed E-state index contributed by atoms with van der Waals surface area (Å²) in [6.07, 6.45) is 0.444. The second kappa shape index (κ2) is 6.14. The highest BCUT2D eigenvalue weighted by Crippen LogP contribution is 2.28. The minimum atomic E-state index is -0.292. The smallest absolute Gasteiger partial charge is 0.296 e. The largest absolute Gasteiger partial charge is 0.508 e. The van der Waals surface area contributed by atoms with Gasteiger partial charge in [0.2, 0.25) is 4.96 Å².